The second kappa shape index (κ2) is 9.85. The van der Waals surface area contributed by atoms with Crippen molar-refractivity contribution in [3.05, 3.63) is 65.0 Å². The van der Waals surface area contributed by atoms with Crippen molar-refractivity contribution in [3.63, 3.8) is 0 Å². The fourth-order valence-corrected chi connectivity index (χ4v) is 3.56. The number of carbonyl (C=O) groups excluding carboxylic acids is 1. The van der Waals surface area contributed by atoms with E-state index in [1.165, 1.54) is 20.5 Å². The number of rotatable bonds is 6. The Labute approximate surface area is 195 Å². The maximum atomic E-state index is 11.9. The van der Waals surface area contributed by atoms with Gasteiger partial charge in [0.25, 0.3) is 5.79 Å². The minimum Gasteiger partial charge on any atom is -0.503 e. The first-order valence-corrected chi connectivity index (χ1v) is 10.7. The van der Waals surface area contributed by atoms with Crippen molar-refractivity contribution in [2.75, 3.05) is 20.8 Å². The van der Waals surface area contributed by atoms with Gasteiger partial charge in [-0.3, -0.25) is 0 Å². The van der Waals surface area contributed by atoms with Gasteiger partial charge < -0.3 is 28.4 Å². The summed E-state index contributed by atoms with van der Waals surface area (Å²) < 4.78 is 34.4. The highest BCUT2D eigenvalue weighted by molar-refractivity contribution is 5.93. The van der Waals surface area contributed by atoms with Crippen molar-refractivity contribution in [1.82, 2.24) is 0 Å². The van der Waals surface area contributed by atoms with Crippen LogP contribution in [0.15, 0.2) is 59.4 Å². The van der Waals surface area contributed by atoms with Crippen LogP contribution in [-0.2, 0) is 23.7 Å². The van der Waals surface area contributed by atoms with Crippen LogP contribution in [0.25, 0.3) is 6.08 Å². The summed E-state index contributed by atoms with van der Waals surface area (Å²) in [6.07, 6.45) is 8.33. The average Bonchev–Trinajstić information content (AvgIpc) is 2.98. The topological polar surface area (TPSA) is 72.5 Å². The third kappa shape index (κ3) is 5.31. The zero-order chi connectivity index (χ0) is 24.2. The van der Waals surface area contributed by atoms with E-state index in [0.717, 1.165) is 11.1 Å². The van der Waals surface area contributed by atoms with Crippen LogP contribution in [0.4, 0.5) is 0 Å². The predicted octanol–water partition coefficient (Wildman–Crippen LogP) is 4.93. The number of methoxy groups -OCH3 is 2. The van der Waals surface area contributed by atoms with Crippen LogP contribution in [0.1, 0.15) is 40.2 Å². The molecule has 0 aromatic heterocycles. The van der Waals surface area contributed by atoms with Crippen LogP contribution in [0, 0.1) is 0 Å². The molecule has 2 aliphatic heterocycles. The predicted molar refractivity (Wildman–Crippen MR) is 125 cm³/mol. The van der Waals surface area contributed by atoms with E-state index in [4.69, 9.17) is 28.4 Å². The number of esters is 1. The Morgan fingerprint density at radius 1 is 1.12 bits per heavy atom. The maximum absolute atomic E-state index is 11.9. The summed E-state index contributed by atoms with van der Waals surface area (Å²) in [5.41, 5.74) is 2.33. The molecule has 0 radical (unpaired) electrons. The molecule has 3 rings (SSSR count). The molecule has 1 aromatic carbocycles. The zero-order valence-corrected chi connectivity index (χ0v) is 20.3. The highest BCUT2D eigenvalue weighted by Crippen LogP contribution is 2.46. The molecule has 2 atom stereocenters. The molecule has 7 nitrogen and oxygen atoms in total. The molecule has 33 heavy (non-hydrogen) atoms. The number of hydrogen-bond acceptors (Lipinski definition) is 7. The maximum Gasteiger partial charge on any atom is 0.341 e. The second-order valence-electron chi connectivity index (χ2n) is 8.68. The minimum atomic E-state index is -1.06. The van der Waals surface area contributed by atoms with Crippen LogP contribution < -0.4 is 9.47 Å². The first-order valence-electron chi connectivity index (χ1n) is 10.7. The fraction of sp³-hybridized carbons (Fsp3) is 0.423. The molecular formula is C26H32O7. The van der Waals surface area contributed by atoms with Gasteiger partial charge in [0.1, 0.15) is 5.60 Å². The number of fused-ring (bicyclic) bond motifs is 1. The van der Waals surface area contributed by atoms with E-state index in [1.807, 2.05) is 71.0 Å². The Morgan fingerprint density at radius 3 is 2.55 bits per heavy atom. The monoisotopic (exact) mass is 456 g/mol. The van der Waals surface area contributed by atoms with Gasteiger partial charge >= 0.3 is 5.97 Å². The summed E-state index contributed by atoms with van der Waals surface area (Å²) >= 11 is 0. The third-order valence-corrected chi connectivity index (χ3v) is 5.47. The standard InChI is InChI=1S/C26H32O7/c1-17(2)13-23-32-25(4,5)26(33-23)16-30-21-12-11-19(14-22(21)31-26)10-8-9-18(3)20(15-28-6)24(27)29-7/h8-15,23H,16H2,1-7H3/b10-8+,18-9-,20-15+/t23-,26+/m0/s1. The van der Waals surface area contributed by atoms with Gasteiger partial charge in [-0.05, 0) is 64.0 Å². The van der Waals surface area contributed by atoms with Crippen LogP contribution in [-0.4, -0.2) is 44.5 Å². The fourth-order valence-electron chi connectivity index (χ4n) is 3.56. The van der Waals surface area contributed by atoms with Crippen molar-refractivity contribution in [2.45, 2.75) is 52.3 Å². The Hall–Kier alpha value is -3.03. The van der Waals surface area contributed by atoms with Crippen LogP contribution in [0.5, 0.6) is 11.5 Å². The summed E-state index contributed by atoms with van der Waals surface area (Å²) in [6, 6.07) is 5.67. The molecular weight excluding hydrogens is 424 g/mol. The normalized spacial score (nSPS) is 24.2. The van der Waals surface area contributed by atoms with Gasteiger partial charge in [0, 0.05) is 0 Å². The minimum absolute atomic E-state index is 0.222. The quantitative estimate of drug-likeness (QED) is 0.197. The van der Waals surface area contributed by atoms with E-state index in [1.54, 1.807) is 6.08 Å². The van der Waals surface area contributed by atoms with Crippen molar-refractivity contribution in [2.24, 2.45) is 0 Å². The highest BCUT2D eigenvalue weighted by atomic mass is 16.8. The van der Waals surface area contributed by atoms with Crippen LogP contribution in [0.3, 0.4) is 0 Å². The Balaban J connectivity index is 1.81. The molecule has 1 fully saturated rings. The first kappa shape index (κ1) is 24.6. The van der Waals surface area contributed by atoms with Crippen molar-refractivity contribution in [1.29, 1.82) is 0 Å². The summed E-state index contributed by atoms with van der Waals surface area (Å²) in [5.74, 6) is -0.300. The van der Waals surface area contributed by atoms with Gasteiger partial charge in [-0.2, -0.15) is 0 Å². The van der Waals surface area contributed by atoms with Gasteiger partial charge in [-0.15, -0.1) is 0 Å². The molecule has 1 saturated heterocycles. The molecule has 2 heterocycles. The average molecular weight is 457 g/mol. The van der Waals surface area contributed by atoms with Gasteiger partial charge in [0.05, 0.1) is 26.1 Å². The van der Waals surface area contributed by atoms with Gasteiger partial charge in [-0.25, -0.2) is 4.79 Å². The van der Waals surface area contributed by atoms with Gasteiger partial charge in [0.2, 0.25) is 0 Å². The SMILES string of the molecule is CO\C=C(C(=O)OC)/C(C)=C\C=C\c1ccc2c(c1)O[C@]1(CO2)O[C@@H](C=C(C)C)OC1(C)C. The van der Waals surface area contributed by atoms with E-state index in [-0.39, 0.29) is 6.61 Å². The van der Waals surface area contributed by atoms with E-state index >= 15 is 0 Å². The lowest BCUT2D eigenvalue weighted by molar-refractivity contribution is -0.216. The molecule has 0 amide bonds. The van der Waals surface area contributed by atoms with E-state index in [9.17, 15) is 4.79 Å². The number of carbonyl (C=O) groups is 1. The molecule has 0 bridgehead atoms. The molecule has 0 unspecified atom stereocenters. The molecule has 2 aliphatic rings. The van der Waals surface area contributed by atoms with E-state index in [0.29, 0.717) is 22.6 Å². The van der Waals surface area contributed by atoms with E-state index in [2.05, 4.69) is 0 Å². The van der Waals surface area contributed by atoms with Crippen molar-refractivity contribution < 1.29 is 33.2 Å². The second-order valence-corrected chi connectivity index (χ2v) is 8.68. The number of ether oxygens (including phenoxy) is 6. The van der Waals surface area contributed by atoms with Gasteiger partial charge in [0.15, 0.2) is 24.4 Å². The molecule has 1 aromatic rings. The van der Waals surface area contributed by atoms with Gasteiger partial charge in [-0.1, -0.05) is 29.9 Å². The largest absolute Gasteiger partial charge is 0.503 e. The molecule has 0 aliphatic carbocycles. The number of benzene rings is 1. The first-order chi connectivity index (χ1) is 15.6. The Bertz CT molecular complexity index is 1010. The highest BCUT2D eigenvalue weighted by Gasteiger charge is 2.60. The lowest BCUT2D eigenvalue weighted by Crippen LogP contribution is -2.58. The summed E-state index contributed by atoms with van der Waals surface area (Å²) in [6.45, 7) is 9.88. The molecule has 0 saturated carbocycles. The number of allylic oxidation sites excluding steroid dienone is 3. The van der Waals surface area contributed by atoms with Crippen LogP contribution in [0.2, 0.25) is 0 Å². The molecule has 0 N–H and O–H groups in total. The number of hydrogen-bond donors (Lipinski definition) is 0. The molecule has 7 heteroatoms. The van der Waals surface area contributed by atoms with Crippen molar-refractivity contribution >= 4 is 12.0 Å². The Morgan fingerprint density at radius 2 is 1.88 bits per heavy atom. The smallest absolute Gasteiger partial charge is 0.341 e. The summed E-state index contributed by atoms with van der Waals surface area (Å²) in [7, 11) is 2.81. The lowest BCUT2D eigenvalue weighted by Gasteiger charge is -2.40. The summed E-state index contributed by atoms with van der Waals surface area (Å²) in [5, 5.41) is 0. The zero-order valence-electron chi connectivity index (χ0n) is 20.3. The van der Waals surface area contributed by atoms with Crippen molar-refractivity contribution in [3.8, 4) is 11.5 Å². The van der Waals surface area contributed by atoms with Crippen LogP contribution >= 0.6 is 0 Å². The van der Waals surface area contributed by atoms with E-state index < -0.39 is 23.6 Å². The Kier molecular flexibility index (Phi) is 7.34. The lowest BCUT2D eigenvalue weighted by atomic mass is 9.97. The summed E-state index contributed by atoms with van der Waals surface area (Å²) in [4.78, 5) is 11.9. The molecule has 1 spiro atoms. The third-order valence-electron chi connectivity index (χ3n) is 5.47. The molecule has 178 valence electrons.